The highest BCUT2D eigenvalue weighted by molar-refractivity contribution is 5.97. The Hall–Kier alpha value is -2.93. The summed E-state index contributed by atoms with van der Waals surface area (Å²) >= 11 is 0. The Balaban J connectivity index is 1.61. The Kier molecular flexibility index (Phi) is 6.60. The van der Waals surface area contributed by atoms with E-state index in [0.717, 1.165) is 17.5 Å². The molecule has 28 heavy (non-hydrogen) atoms. The zero-order valence-corrected chi connectivity index (χ0v) is 15.8. The number of likely N-dealkylation sites (tertiary alicyclic amines) is 1. The summed E-state index contributed by atoms with van der Waals surface area (Å²) in [4.78, 5) is 26.5. The average Bonchev–Trinajstić information content (AvgIpc) is 3.19. The van der Waals surface area contributed by atoms with Crippen molar-refractivity contribution < 1.29 is 18.7 Å². The Bertz CT molecular complexity index is 826. The van der Waals surface area contributed by atoms with Crippen molar-refractivity contribution in [2.75, 3.05) is 32.1 Å². The summed E-state index contributed by atoms with van der Waals surface area (Å²) in [5.41, 5.74) is 2.27. The quantitative estimate of drug-likeness (QED) is 0.750. The smallest absolute Gasteiger partial charge is 0.318 e. The second-order valence-corrected chi connectivity index (χ2v) is 6.65. The third-order valence-corrected chi connectivity index (χ3v) is 4.71. The van der Waals surface area contributed by atoms with Crippen LogP contribution in [0.15, 0.2) is 48.5 Å². The van der Waals surface area contributed by atoms with E-state index in [1.807, 2.05) is 18.2 Å². The van der Waals surface area contributed by atoms with Gasteiger partial charge in [0.05, 0.1) is 6.61 Å². The zero-order valence-electron chi connectivity index (χ0n) is 15.8. The molecule has 2 N–H and O–H groups in total. The Labute approximate surface area is 163 Å². The molecule has 1 saturated heterocycles. The van der Waals surface area contributed by atoms with Gasteiger partial charge in [-0.1, -0.05) is 24.3 Å². The fourth-order valence-electron chi connectivity index (χ4n) is 3.28. The molecule has 2 aromatic carbocycles. The largest absolute Gasteiger partial charge is 0.383 e. The highest BCUT2D eigenvalue weighted by Crippen LogP contribution is 2.23. The molecule has 0 aliphatic carbocycles. The van der Waals surface area contributed by atoms with Crippen molar-refractivity contribution in [2.45, 2.75) is 18.9 Å². The molecule has 1 aliphatic heterocycles. The predicted molar refractivity (Wildman–Crippen MR) is 105 cm³/mol. The summed E-state index contributed by atoms with van der Waals surface area (Å²) in [7, 11) is 1.57. The number of benzene rings is 2. The molecular formula is C21H24FN3O3. The summed E-state index contributed by atoms with van der Waals surface area (Å²) in [6.07, 6.45) is 1.42. The predicted octanol–water partition coefficient (Wildman–Crippen LogP) is 3.25. The second-order valence-electron chi connectivity index (χ2n) is 6.65. The third-order valence-electron chi connectivity index (χ3n) is 4.71. The molecule has 3 amide bonds. The van der Waals surface area contributed by atoms with Crippen LogP contribution in [0.2, 0.25) is 0 Å². The minimum atomic E-state index is -0.495. The maximum atomic E-state index is 13.4. The molecule has 6 nitrogen and oxygen atoms in total. The van der Waals surface area contributed by atoms with Gasteiger partial charge in [-0.05, 0) is 48.2 Å². The van der Waals surface area contributed by atoms with Crippen molar-refractivity contribution in [3.05, 3.63) is 54.3 Å². The number of nitrogens with zero attached hydrogens (tertiary/aromatic N) is 1. The summed E-state index contributed by atoms with van der Waals surface area (Å²) in [6, 6.07) is 12.8. The highest BCUT2D eigenvalue weighted by atomic mass is 19.1. The fourth-order valence-corrected chi connectivity index (χ4v) is 3.28. The number of carbonyl (C=O) groups excluding carboxylic acids is 2. The summed E-state index contributed by atoms with van der Waals surface area (Å²) in [5, 5.41) is 5.62. The number of halogens is 1. The number of anilines is 1. The van der Waals surface area contributed by atoms with E-state index in [1.54, 1.807) is 30.2 Å². The van der Waals surface area contributed by atoms with Crippen molar-refractivity contribution in [2.24, 2.45) is 0 Å². The maximum Gasteiger partial charge on any atom is 0.318 e. The normalized spacial score (nSPS) is 16.1. The van der Waals surface area contributed by atoms with Crippen LogP contribution in [0, 0.1) is 5.82 Å². The second kappa shape index (κ2) is 9.32. The molecule has 0 aromatic heterocycles. The van der Waals surface area contributed by atoms with Gasteiger partial charge in [0.25, 0.3) is 0 Å². The molecule has 148 valence electrons. The number of carbonyl (C=O) groups is 2. The van der Waals surface area contributed by atoms with E-state index < -0.39 is 6.04 Å². The number of hydrogen-bond donors (Lipinski definition) is 2. The van der Waals surface area contributed by atoms with E-state index in [-0.39, 0.29) is 17.8 Å². The standard InChI is InChI=1S/C21H24FN3O3/c1-28-13-11-23-21(27)25-12-3-6-19(25)20(26)24-18-9-7-15(8-10-18)16-4-2-5-17(22)14-16/h2,4-5,7-10,14,19H,3,6,11-13H2,1H3,(H,23,27)(H,24,26)/t19-/m0/s1. The maximum absolute atomic E-state index is 13.4. The number of methoxy groups -OCH3 is 1. The van der Waals surface area contributed by atoms with Gasteiger partial charge in [-0.15, -0.1) is 0 Å². The third kappa shape index (κ3) is 4.86. The van der Waals surface area contributed by atoms with Crippen LogP contribution in [0.1, 0.15) is 12.8 Å². The van der Waals surface area contributed by atoms with Crippen LogP contribution < -0.4 is 10.6 Å². The van der Waals surface area contributed by atoms with Crippen molar-refractivity contribution in [1.82, 2.24) is 10.2 Å². The number of rotatable bonds is 6. The summed E-state index contributed by atoms with van der Waals surface area (Å²) < 4.78 is 18.3. The van der Waals surface area contributed by atoms with Crippen molar-refractivity contribution in [3.63, 3.8) is 0 Å². The number of urea groups is 1. The molecule has 1 atom stereocenters. The summed E-state index contributed by atoms with van der Waals surface area (Å²) in [5.74, 6) is -0.502. The van der Waals surface area contributed by atoms with Crippen molar-refractivity contribution in [3.8, 4) is 11.1 Å². The minimum Gasteiger partial charge on any atom is -0.383 e. The van der Waals surface area contributed by atoms with Gasteiger partial charge in [0.2, 0.25) is 5.91 Å². The van der Waals surface area contributed by atoms with E-state index in [1.165, 1.54) is 12.1 Å². The SMILES string of the molecule is COCCNC(=O)N1CCC[C@H]1C(=O)Nc1ccc(-c2cccc(F)c2)cc1. The van der Waals surface area contributed by atoms with Gasteiger partial charge in [-0.2, -0.15) is 0 Å². The minimum absolute atomic E-state index is 0.210. The monoisotopic (exact) mass is 385 g/mol. The Morgan fingerprint density at radius 2 is 1.96 bits per heavy atom. The molecule has 0 bridgehead atoms. The molecule has 0 unspecified atom stereocenters. The van der Waals surface area contributed by atoms with Crippen molar-refractivity contribution >= 4 is 17.6 Å². The van der Waals surface area contributed by atoms with Gasteiger partial charge in [-0.3, -0.25) is 4.79 Å². The number of ether oxygens (including phenoxy) is 1. The fraction of sp³-hybridized carbons (Fsp3) is 0.333. The molecule has 2 aromatic rings. The van der Waals surface area contributed by atoms with Gasteiger partial charge in [-0.25, -0.2) is 9.18 Å². The topological polar surface area (TPSA) is 70.7 Å². The van der Waals surface area contributed by atoms with Gasteiger partial charge >= 0.3 is 6.03 Å². The molecule has 3 rings (SSSR count). The number of hydrogen-bond acceptors (Lipinski definition) is 3. The molecular weight excluding hydrogens is 361 g/mol. The molecule has 0 spiro atoms. The van der Waals surface area contributed by atoms with Crippen LogP contribution in [-0.4, -0.2) is 49.7 Å². The van der Waals surface area contributed by atoms with E-state index in [4.69, 9.17) is 4.74 Å². The van der Waals surface area contributed by atoms with Crippen LogP contribution in [0.4, 0.5) is 14.9 Å². The van der Waals surface area contributed by atoms with Crippen LogP contribution in [0.25, 0.3) is 11.1 Å². The molecule has 1 fully saturated rings. The molecule has 1 heterocycles. The Morgan fingerprint density at radius 1 is 1.18 bits per heavy atom. The first-order valence-corrected chi connectivity index (χ1v) is 9.29. The lowest BCUT2D eigenvalue weighted by atomic mass is 10.1. The molecule has 0 radical (unpaired) electrons. The first-order chi connectivity index (χ1) is 13.6. The van der Waals surface area contributed by atoms with E-state index >= 15 is 0 Å². The van der Waals surface area contributed by atoms with E-state index in [9.17, 15) is 14.0 Å². The van der Waals surface area contributed by atoms with Gasteiger partial charge in [0, 0.05) is 25.9 Å². The lowest BCUT2D eigenvalue weighted by Gasteiger charge is -2.24. The van der Waals surface area contributed by atoms with E-state index in [2.05, 4.69) is 10.6 Å². The Morgan fingerprint density at radius 3 is 2.68 bits per heavy atom. The average molecular weight is 385 g/mol. The van der Waals surface area contributed by atoms with Crippen LogP contribution in [-0.2, 0) is 9.53 Å². The number of amides is 3. The zero-order chi connectivity index (χ0) is 19.9. The van der Waals surface area contributed by atoms with Crippen LogP contribution >= 0.6 is 0 Å². The molecule has 1 aliphatic rings. The lowest BCUT2D eigenvalue weighted by molar-refractivity contribution is -0.119. The lowest BCUT2D eigenvalue weighted by Crippen LogP contribution is -2.48. The molecule has 0 saturated carbocycles. The van der Waals surface area contributed by atoms with Crippen LogP contribution in [0.5, 0.6) is 0 Å². The van der Waals surface area contributed by atoms with Gasteiger partial charge in [0.1, 0.15) is 11.9 Å². The van der Waals surface area contributed by atoms with E-state index in [0.29, 0.717) is 31.8 Å². The highest BCUT2D eigenvalue weighted by Gasteiger charge is 2.34. The van der Waals surface area contributed by atoms with Gasteiger partial charge < -0.3 is 20.3 Å². The first-order valence-electron chi connectivity index (χ1n) is 9.29. The molecule has 7 heteroatoms. The first kappa shape index (κ1) is 19.8. The summed E-state index contributed by atoms with van der Waals surface area (Å²) in [6.45, 7) is 1.38. The number of nitrogens with one attached hydrogen (secondary N) is 2. The van der Waals surface area contributed by atoms with Gasteiger partial charge in [0.15, 0.2) is 0 Å². The van der Waals surface area contributed by atoms with Crippen molar-refractivity contribution in [1.29, 1.82) is 0 Å². The van der Waals surface area contributed by atoms with Crippen LogP contribution in [0.3, 0.4) is 0 Å².